The van der Waals surface area contributed by atoms with E-state index in [0.717, 1.165) is 6.42 Å². The average molecular weight is 289 g/mol. The van der Waals surface area contributed by atoms with Crippen molar-refractivity contribution < 1.29 is 8.78 Å². The summed E-state index contributed by atoms with van der Waals surface area (Å²) in [5, 5.41) is 3.27. The molecule has 0 spiro atoms. The zero-order valence-corrected chi connectivity index (χ0v) is 12.7. The summed E-state index contributed by atoms with van der Waals surface area (Å²) >= 11 is 0. The van der Waals surface area contributed by atoms with Gasteiger partial charge in [-0.1, -0.05) is 31.2 Å². The Hall–Kier alpha value is -1.74. The van der Waals surface area contributed by atoms with Gasteiger partial charge in [-0.05, 0) is 49.1 Å². The molecule has 0 heterocycles. The zero-order valence-electron chi connectivity index (χ0n) is 12.7. The summed E-state index contributed by atoms with van der Waals surface area (Å²) in [5.41, 5.74) is 3.17. The first-order valence-corrected chi connectivity index (χ1v) is 7.28. The zero-order chi connectivity index (χ0) is 15.4. The van der Waals surface area contributed by atoms with Crippen molar-refractivity contribution in [2.45, 2.75) is 39.8 Å². The van der Waals surface area contributed by atoms with E-state index in [1.807, 2.05) is 19.1 Å². The first-order chi connectivity index (χ1) is 10.0. The highest BCUT2D eigenvalue weighted by Crippen LogP contribution is 2.21. The van der Waals surface area contributed by atoms with Crippen LogP contribution in [0, 0.1) is 18.6 Å². The summed E-state index contributed by atoms with van der Waals surface area (Å²) < 4.78 is 27.6. The monoisotopic (exact) mass is 289 g/mol. The summed E-state index contributed by atoms with van der Waals surface area (Å²) in [6, 6.07) is 10.5. The molecule has 2 aromatic rings. The molecule has 1 atom stereocenters. The van der Waals surface area contributed by atoms with Gasteiger partial charge in [0.25, 0.3) is 0 Å². The Balaban J connectivity index is 2.12. The molecular weight excluding hydrogens is 268 g/mol. The molecule has 1 nitrogen and oxygen atoms in total. The molecule has 112 valence electrons. The molecule has 0 aliphatic heterocycles. The Kier molecular flexibility index (Phi) is 5.07. The number of hydrogen-bond acceptors (Lipinski definition) is 1. The molecule has 0 aromatic heterocycles. The Morgan fingerprint density at radius 3 is 2.38 bits per heavy atom. The molecular formula is C18H21F2N. The van der Waals surface area contributed by atoms with E-state index in [1.165, 1.54) is 23.3 Å². The predicted molar refractivity (Wildman–Crippen MR) is 82.2 cm³/mol. The lowest BCUT2D eigenvalue weighted by molar-refractivity contribution is 0.515. The SMILES string of the molecule is CCc1ccccc1CNC(C)c1cc(F)c(C)cc1F. The molecule has 2 rings (SSSR count). The number of benzene rings is 2. The van der Waals surface area contributed by atoms with Crippen LogP contribution in [0.2, 0.25) is 0 Å². The second-order valence-electron chi connectivity index (χ2n) is 5.35. The van der Waals surface area contributed by atoms with Crippen molar-refractivity contribution in [3.8, 4) is 0 Å². The Morgan fingerprint density at radius 2 is 1.71 bits per heavy atom. The van der Waals surface area contributed by atoms with E-state index >= 15 is 0 Å². The van der Waals surface area contributed by atoms with E-state index in [9.17, 15) is 8.78 Å². The van der Waals surface area contributed by atoms with Gasteiger partial charge >= 0.3 is 0 Å². The molecule has 0 aliphatic carbocycles. The van der Waals surface area contributed by atoms with E-state index in [1.54, 1.807) is 6.92 Å². The standard InChI is InChI=1S/C18H21F2N/c1-4-14-7-5-6-8-15(14)11-21-13(3)16-10-17(19)12(2)9-18(16)20/h5-10,13,21H,4,11H2,1-3H3. The van der Waals surface area contributed by atoms with Gasteiger partial charge in [0.05, 0.1) is 0 Å². The highest BCUT2D eigenvalue weighted by atomic mass is 19.1. The predicted octanol–water partition coefficient (Wildman–Crippen LogP) is 4.69. The second-order valence-corrected chi connectivity index (χ2v) is 5.35. The van der Waals surface area contributed by atoms with Gasteiger partial charge in [-0.2, -0.15) is 0 Å². The van der Waals surface area contributed by atoms with Gasteiger partial charge in [0.1, 0.15) is 11.6 Å². The molecule has 0 aliphatic rings. The normalized spacial score (nSPS) is 12.4. The van der Waals surface area contributed by atoms with E-state index in [2.05, 4.69) is 24.4 Å². The minimum Gasteiger partial charge on any atom is -0.306 e. The van der Waals surface area contributed by atoms with E-state index < -0.39 is 0 Å². The van der Waals surface area contributed by atoms with Gasteiger partial charge in [-0.15, -0.1) is 0 Å². The molecule has 2 aromatic carbocycles. The maximum absolute atomic E-state index is 13.9. The molecule has 0 saturated heterocycles. The third kappa shape index (κ3) is 3.67. The fourth-order valence-corrected chi connectivity index (χ4v) is 2.44. The van der Waals surface area contributed by atoms with Crippen LogP contribution in [0.3, 0.4) is 0 Å². The van der Waals surface area contributed by atoms with Gasteiger partial charge in [0, 0.05) is 18.2 Å². The van der Waals surface area contributed by atoms with Crippen LogP contribution >= 0.6 is 0 Å². The minimum absolute atomic E-state index is 0.245. The van der Waals surface area contributed by atoms with Crippen molar-refractivity contribution >= 4 is 0 Å². The lowest BCUT2D eigenvalue weighted by Gasteiger charge is -2.17. The van der Waals surface area contributed by atoms with Gasteiger partial charge in [0.2, 0.25) is 0 Å². The second kappa shape index (κ2) is 6.81. The van der Waals surface area contributed by atoms with Crippen molar-refractivity contribution in [3.63, 3.8) is 0 Å². The van der Waals surface area contributed by atoms with Crippen molar-refractivity contribution in [3.05, 3.63) is 70.3 Å². The van der Waals surface area contributed by atoms with Crippen LogP contribution in [0.15, 0.2) is 36.4 Å². The van der Waals surface area contributed by atoms with Crippen LogP contribution in [-0.2, 0) is 13.0 Å². The first kappa shape index (κ1) is 15.6. The topological polar surface area (TPSA) is 12.0 Å². The van der Waals surface area contributed by atoms with Crippen molar-refractivity contribution in [1.82, 2.24) is 5.32 Å². The summed E-state index contributed by atoms with van der Waals surface area (Å²) in [7, 11) is 0. The Morgan fingerprint density at radius 1 is 1.05 bits per heavy atom. The summed E-state index contributed by atoms with van der Waals surface area (Å²) in [4.78, 5) is 0. The highest BCUT2D eigenvalue weighted by Gasteiger charge is 2.14. The maximum atomic E-state index is 13.9. The molecule has 0 amide bonds. The molecule has 0 fully saturated rings. The Labute approximate surface area is 125 Å². The van der Waals surface area contributed by atoms with Gasteiger partial charge < -0.3 is 5.32 Å². The van der Waals surface area contributed by atoms with Crippen LogP contribution in [0.25, 0.3) is 0 Å². The number of hydrogen-bond donors (Lipinski definition) is 1. The molecule has 3 heteroatoms. The van der Waals surface area contributed by atoms with Crippen LogP contribution in [-0.4, -0.2) is 0 Å². The summed E-state index contributed by atoms with van der Waals surface area (Å²) in [6.45, 7) is 6.16. The van der Waals surface area contributed by atoms with Crippen molar-refractivity contribution in [2.75, 3.05) is 0 Å². The van der Waals surface area contributed by atoms with Crippen molar-refractivity contribution in [2.24, 2.45) is 0 Å². The number of nitrogens with one attached hydrogen (secondary N) is 1. The largest absolute Gasteiger partial charge is 0.306 e. The fourth-order valence-electron chi connectivity index (χ4n) is 2.44. The Bertz CT molecular complexity index is 623. The smallest absolute Gasteiger partial charge is 0.128 e. The quantitative estimate of drug-likeness (QED) is 0.842. The van der Waals surface area contributed by atoms with Crippen LogP contribution in [0.1, 0.15) is 42.1 Å². The summed E-state index contributed by atoms with van der Waals surface area (Å²) in [5.74, 6) is -0.730. The van der Waals surface area contributed by atoms with Gasteiger partial charge in [-0.25, -0.2) is 8.78 Å². The number of rotatable bonds is 5. The van der Waals surface area contributed by atoms with Crippen molar-refractivity contribution in [1.29, 1.82) is 0 Å². The average Bonchev–Trinajstić information content (AvgIpc) is 2.48. The highest BCUT2D eigenvalue weighted by molar-refractivity contribution is 5.29. The molecule has 1 unspecified atom stereocenters. The van der Waals surface area contributed by atoms with E-state index in [-0.39, 0.29) is 17.7 Å². The first-order valence-electron chi connectivity index (χ1n) is 7.28. The number of aryl methyl sites for hydroxylation is 2. The molecule has 0 bridgehead atoms. The number of halogens is 2. The molecule has 0 radical (unpaired) electrons. The lowest BCUT2D eigenvalue weighted by atomic mass is 10.0. The van der Waals surface area contributed by atoms with E-state index in [0.29, 0.717) is 17.7 Å². The maximum Gasteiger partial charge on any atom is 0.128 e. The minimum atomic E-state index is -0.367. The summed E-state index contributed by atoms with van der Waals surface area (Å²) in [6.07, 6.45) is 0.958. The lowest BCUT2D eigenvalue weighted by Crippen LogP contribution is -2.20. The third-order valence-corrected chi connectivity index (χ3v) is 3.84. The van der Waals surface area contributed by atoms with Crippen LogP contribution in [0.4, 0.5) is 8.78 Å². The van der Waals surface area contributed by atoms with E-state index in [4.69, 9.17) is 0 Å². The van der Waals surface area contributed by atoms with Gasteiger partial charge in [0.15, 0.2) is 0 Å². The van der Waals surface area contributed by atoms with Crippen LogP contribution in [0.5, 0.6) is 0 Å². The third-order valence-electron chi connectivity index (χ3n) is 3.84. The van der Waals surface area contributed by atoms with Gasteiger partial charge in [-0.3, -0.25) is 0 Å². The molecule has 21 heavy (non-hydrogen) atoms. The van der Waals surface area contributed by atoms with Crippen LogP contribution < -0.4 is 5.32 Å². The molecule has 0 saturated carbocycles. The molecule has 1 N–H and O–H groups in total. The fraction of sp³-hybridized carbons (Fsp3) is 0.333.